The summed E-state index contributed by atoms with van der Waals surface area (Å²) in [4.78, 5) is 21.2. The fourth-order valence-corrected chi connectivity index (χ4v) is 1.19. The van der Waals surface area contributed by atoms with E-state index >= 15 is 0 Å². The summed E-state index contributed by atoms with van der Waals surface area (Å²) in [6.07, 6.45) is -3.69. The molecule has 8 N–H and O–H groups in total. The number of hydrogen-bond donors (Lipinski definition) is 2. The zero-order valence-electron chi connectivity index (χ0n) is 7.34. The Morgan fingerprint density at radius 2 is 1.06 bits per heavy atom. The molecule has 0 saturated heterocycles. The van der Waals surface area contributed by atoms with Gasteiger partial charge in [0.25, 0.3) is 0 Å². The summed E-state index contributed by atoms with van der Waals surface area (Å²) in [6, 6.07) is 0. The first-order valence-electron chi connectivity index (χ1n) is 2.71. The van der Waals surface area contributed by atoms with E-state index in [1.54, 1.807) is 0 Å². The molecular weight excluding hydrogens is 475 g/mol. The Morgan fingerprint density at radius 1 is 0.875 bits per heavy atom. The second-order valence-corrected chi connectivity index (χ2v) is 3.11. The van der Waals surface area contributed by atoms with Crippen molar-refractivity contribution >= 4 is 110 Å². The van der Waals surface area contributed by atoms with Gasteiger partial charge < -0.3 is 16.4 Å². The molecule has 16 heavy (non-hydrogen) atoms. The first kappa shape index (κ1) is 30.8. The van der Waals surface area contributed by atoms with Gasteiger partial charge in [-0.3, -0.25) is 0 Å². The Labute approximate surface area is 162 Å². The number of rotatable bonds is 3. The molecule has 0 amide bonds. The third kappa shape index (κ3) is 11.1. The van der Waals surface area contributed by atoms with E-state index in [1.165, 1.54) is 0 Å². The summed E-state index contributed by atoms with van der Waals surface area (Å²) in [5, 5.41) is 17.8. The Hall–Kier alpha value is 2.01. The van der Waals surface area contributed by atoms with Gasteiger partial charge in [0, 0.05) is 0 Å². The van der Waals surface area contributed by atoms with Gasteiger partial charge in [0.1, 0.15) is 0 Å². The molecule has 96 valence electrons. The van der Waals surface area contributed by atoms with Crippen molar-refractivity contribution in [3.63, 3.8) is 0 Å². The summed E-state index contributed by atoms with van der Waals surface area (Å²) in [6.45, 7) is 0. The van der Waals surface area contributed by atoms with Crippen molar-refractivity contribution < 1.29 is 42.3 Å². The Morgan fingerprint density at radius 3 is 1.19 bits per heavy atom. The Balaban J connectivity index is -0.000000101. The van der Waals surface area contributed by atoms with Crippen LogP contribution >= 0.6 is 0 Å². The van der Waals surface area contributed by atoms with E-state index in [-0.39, 0.29) is 115 Å². The second-order valence-electron chi connectivity index (χ2n) is 1.76. The average molecular weight is 490 g/mol. The van der Waals surface area contributed by atoms with Crippen molar-refractivity contribution in [2.45, 2.75) is 12.2 Å². The van der Waals surface area contributed by atoms with Crippen molar-refractivity contribution in [2.75, 3.05) is 0 Å². The molecule has 0 aliphatic heterocycles. The van der Waals surface area contributed by atoms with E-state index in [1.807, 2.05) is 0 Å². The minimum absolute atomic E-state index is 0. The van der Waals surface area contributed by atoms with E-state index in [4.69, 9.17) is 10.2 Å². The van der Waals surface area contributed by atoms with Gasteiger partial charge in [0.15, 0.2) is 0 Å². The van der Waals surface area contributed by atoms with Gasteiger partial charge in [-0.2, -0.15) is 0 Å². The van der Waals surface area contributed by atoms with Crippen molar-refractivity contribution in [3.8, 4) is 0 Å². The summed E-state index contributed by atoms with van der Waals surface area (Å²) < 4.78 is 8.42. The number of carbonyl (C=O) groups is 2. The van der Waals surface area contributed by atoms with Crippen LogP contribution < -0.4 is 0 Å². The van der Waals surface area contributed by atoms with E-state index < -0.39 is 24.1 Å². The molecule has 9 nitrogen and oxygen atoms in total. The van der Waals surface area contributed by atoms with Crippen molar-refractivity contribution in [1.29, 1.82) is 0 Å². The maximum atomic E-state index is 10.6. The molecule has 0 saturated carbocycles. The summed E-state index contributed by atoms with van der Waals surface area (Å²) in [5.41, 5.74) is 0. The maximum absolute atomic E-state index is 10.6. The summed E-state index contributed by atoms with van der Waals surface area (Å²) in [5.74, 6) is -2.04. The van der Waals surface area contributed by atoms with Gasteiger partial charge in [0.05, 0.1) is 0 Å². The van der Waals surface area contributed by atoms with Crippen LogP contribution in [0.15, 0.2) is 0 Å². The van der Waals surface area contributed by atoms with E-state index in [2.05, 4.69) is 6.03 Å². The monoisotopic (exact) mass is 488 g/mol. The number of hydrogen-bond acceptors (Lipinski definition) is 6. The standard InChI is InChI=1S/C4H6O6.K.3H2O.2Sb.5H/c5-1(3(7)8)2(6)4(9)10;;;;;;;;;;;/h1-2,5-6H,(H,7,8)(H,9,10);;3*1H2;;;;;;;/q;;;;;2*+1;;;;;/p-2. The SMILES string of the molecule is O.O.O.O=C([O][SbH2])C(O)C(O)C(=O)[O][SbH2].[KH]. The molecule has 2 atom stereocenters. The quantitative estimate of drug-likeness (QED) is 0.370. The van der Waals surface area contributed by atoms with Gasteiger partial charge in [-0.25, -0.2) is 0 Å². The predicted octanol–water partition coefficient (Wildman–Crippen LogP) is -7.23. The first-order chi connectivity index (χ1) is 5.54. The van der Waals surface area contributed by atoms with Crippen LogP contribution in [-0.2, 0) is 15.6 Å². The zero-order valence-corrected chi connectivity index (χ0v) is 13.9. The minimum atomic E-state index is -1.85. The van der Waals surface area contributed by atoms with Crippen LogP contribution in [0.3, 0.4) is 0 Å². The fourth-order valence-electron chi connectivity index (χ4n) is 0.397. The third-order valence-electron chi connectivity index (χ3n) is 1.01. The topological polar surface area (TPSA) is 188 Å². The molecule has 0 radical (unpaired) electrons. The molecule has 0 spiro atoms. The number of aliphatic hydroxyl groups is 2. The molecule has 0 aromatic heterocycles. The van der Waals surface area contributed by atoms with E-state index in [0.717, 1.165) is 0 Å². The third-order valence-corrected chi connectivity index (χ3v) is 2.34. The molecular formula is C4H15KO9Sb2. The van der Waals surface area contributed by atoms with Crippen LogP contribution in [0.5, 0.6) is 0 Å². The number of aliphatic hydroxyl groups excluding tert-OH is 2. The van der Waals surface area contributed by atoms with Crippen LogP contribution in [-0.4, -0.2) is 149 Å². The summed E-state index contributed by atoms with van der Waals surface area (Å²) in [7, 11) is 0. The molecule has 12 heteroatoms. The summed E-state index contributed by atoms with van der Waals surface area (Å²) >= 11 is 0.318. The molecule has 0 heterocycles. The molecule has 0 bridgehead atoms. The second kappa shape index (κ2) is 17.0. The van der Waals surface area contributed by atoms with Crippen LogP contribution in [0.4, 0.5) is 0 Å². The fraction of sp³-hybridized carbons (Fsp3) is 0.500. The number of carbonyl (C=O) groups excluding carboxylic acids is 2. The Kier molecular flexibility index (Phi) is 32.7. The molecule has 0 aromatic rings. The zero-order chi connectivity index (χ0) is 9.72. The van der Waals surface area contributed by atoms with Crippen LogP contribution in [0.25, 0.3) is 0 Å². The van der Waals surface area contributed by atoms with Crippen molar-refractivity contribution in [3.05, 3.63) is 0 Å². The van der Waals surface area contributed by atoms with Gasteiger partial charge in [-0.15, -0.1) is 0 Å². The predicted molar refractivity (Wildman–Crippen MR) is 59.3 cm³/mol. The van der Waals surface area contributed by atoms with Crippen LogP contribution in [0.2, 0.25) is 0 Å². The molecule has 0 fully saturated rings. The molecule has 0 aromatic carbocycles. The molecule has 0 aliphatic rings. The molecule has 0 aliphatic carbocycles. The normalized spacial score (nSPS) is 11.0. The van der Waals surface area contributed by atoms with Gasteiger partial charge in [-0.05, 0) is 0 Å². The van der Waals surface area contributed by atoms with E-state index in [9.17, 15) is 9.59 Å². The van der Waals surface area contributed by atoms with Gasteiger partial charge >= 0.3 is 148 Å². The van der Waals surface area contributed by atoms with Crippen LogP contribution in [0.1, 0.15) is 0 Å². The van der Waals surface area contributed by atoms with Gasteiger partial charge in [0.2, 0.25) is 0 Å². The van der Waals surface area contributed by atoms with Crippen LogP contribution in [0, 0.1) is 0 Å². The first-order valence-corrected chi connectivity index (χ1v) is 5.41. The molecule has 2 unspecified atom stereocenters. The van der Waals surface area contributed by atoms with Crippen molar-refractivity contribution in [2.24, 2.45) is 0 Å². The average Bonchev–Trinajstić information content (AvgIpc) is 2.12. The van der Waals surface area contributed by atoms with Gasteiger partial charge in [-0.1, -0.05) is 0 Å². The van der Waals surface area contributed by atoms with Crippen molar-refractivity contribution in [1.82, 2.24) is 0 Å². The molecule has 0 rings (SSSR count). The Bertz CT molecular complexity index is 170. The van der Waals surface area contributed by atoms with E-state index in [0.29, 0.717) is 0 Å².